The molecule has 0 aliphatic carbocycles. The van der Waals surface area contributed by atoms with Crippen molar-refractivity contribution in [1.29, 1.82) is 0 Å². The van der Waals surface area contributed by atoms with Crippen LogP contribution < -0.4 is 0 Å². The van der Waals surface area contributed by atoms with Crippen LogP contribution in [0.25, 0.3) is 0 Å². The summed E-state index contributed by atoms with van der Waals surface area (Å²) in [5.74, 6) is -0.152. The van der Waals surface area contributed by atoms with Crippen LogP contribution in [0.1, 0.15) is 40.5 Å². The van der Waals surface area contributed by atoms with Crippen molar-refractivity contribution < 1.29 is 9.53 Å². The van der Waals surface area contributed by atoms with Gasteiger partial charge >= 0.3 is 5.97 Å². The number of ether oxygens (including phenoxy) is 1. The van der Waals surface area contributed by atoms with Gasteiger partial charge in [-0.15, -0.1) is 0 Å². The second-order valence-corrected chi connectivity index (χ2v) is 5.17. The first-order chi connectivity index (χ1) is 5.89. The highest BCUT2D eigenvalue weighted by atomic mass is 79.9. The van der Waals surface area contributed by atoms with Crippen LogP contribution in [0.3, 0.4) is 0 Å². The van der Waals surface area contributed by atoms with Gasteiger partial charge in [-0.05, 0) is 11.8 Å². The van der Waals surface area contributed by atoms with Crippen molar-refractivity contribution >= 4 is 21.9 Å². The third kappa shape index (κ3) is 5.29. The van der Waals surface area contributed by atoms with Crippen LogP contribution in [-0.4, -0.2) is 17.4 Å². The van der Waals surface area contributed by atoms with E-state index in [4.69, 9.17) is 4.74 Å². The van der Waals surface area contributed by atoms with Crippen LogP contribution in [0.2, 0.25) is 0 Å². The number of carbonyl (C=O) groups excluding carboxylic acids is 1. The Labute approximate surface area is 89.2 Å². The first kappa shape index (κ1) is 12.9. The zero-order chi connectivity index (χ0) is 10.5. The van der Waals surface area contributed by atoms with Crippen LogP contribution in [0.5, 0.6) is 0 Å². The van der Waals surface area contributed by atoms with E-state index in [-0.39, 0.29) is 16.2 Å². The average Bonchev–Trinajstić information content (AvgIpc) is 2.01. The summed E-state index contributed by atoms with van der Waals surface area (Å²) >= 11 is 3.34. The van der Waals surface area contributed by atoms with E-state index in [1.165, 1.54) is 0 Å². The third-order valence-electron chi connectivity index (χ3n) is 1.71. The second kappa shape index (κ2) is 5.63. The van der Waals surface area contributed by atoms with Gasteiger partial charge in [0.05, 0.1) is 6.61 Å². The molecule has 0 aromatic heterocycles. The number of halogens is 1. The maximum Gasteiger partial charge on any atom is 0.320 e. The van der Waals surface area contributed by atoms with Gasteiger partial charge in [-0.3, -0.25) is 4.79 Å². The molecule has 0 bridgehead atoms. The van der Waals surface area contributed by atoms with E-state index >= 15 is 0 Å². The molecule has 0 N–H and O–H groups in total. The van der Waals surface area contributed by atoms with E-state index in [2.05, 4.69) is 22.9 Å². The minimum absolute atomic E-state index is 0.0801. The molecule has 2 nitrogen and oxygen atoms in total. The molecule has 0 aliphatic heterocycles. The van der Waals surface area contributed by atoms with Gasteiger partial charge in [0.2, 0.25) is 0 Å². The molecule has 0 spiro atoms. The normalized spacial score (nSPS) is 13.9. The number of unbranched alkanes of at least 4 members (excludes halogenated alkanes) is 1. The van der Waals surface area contributed by atoms with E-state index in [0.29, 0.717) is 6.61 Å². The van der Waals surface area contributed by atoms with E-state index < -0.39 is 0 Å². The van der Waals surface area contributed by atoms with Gasteiger partial charge in [-0.2, -0.15) is 0 Å². The molecule has 13 heavy (non-hydrogen) atoms. The summed E-state index contributed by atoms with van der Waals surface area (Å²) in [6, 6.07) is 0. The smallest absolute Gasteiger partial charge is 0.320 e. The zero-order valence-corrected chi connectivity index (χ0v) is 10.5. The fourth-order valence-electron chi connectivity index (χ4n) is 0.744. The Bertz CT molecular complexity index is 161. The molecule has 3 heteroatoms. The molecule has 0 heterocycles. The minimum Gasteiger partial charge on any atom is -0.465 e. The summed E-state index contributed by atoms with van der Waals surface area (Å²) in [6.45, 7) is 8.63. The highest BCUT2D eigenvalue weighted by molar-refractivity contribution is 9.10. The predicted molar refractivity (Wildman–Crippen MR) is 58.0 cm³/mol. The first-order valence-corrected chi connectivity index (χ1v) is 5.62. The van der Waals surface area contributed by atoms with Crippen molar-refractivity contribution in [2.45, 2.75) is 45.4 Å². The second-order valence-electron chi connectivity index (χ2n) is 4.25. The molecule has 0 aromatic carbocycles. The first-order valence-electron chi connectivity index (χ1n) is 4.70. The summed E-state index contributed by atoms with van der Waals surface area (Å²) in [7, 11) is 0. The number of carbonyl (C=O) groups is 1. The highest BCUT2D eigenvalue weighted by Gasteiger charge is 2.29. The van der Waals surface area contributed by atoms with Crippen LogP contribution >= 0.6 is 15.9 Å². The summed E-state index contributed by atoms with van der Waals surface area (Å²) in [5, 5.41) is 0. The Kier molecular flexibility index (Phi) is 5.61. The molecule has 1 atom stereocenters. The number of hydrogen-bond donors (Lipinski definition) is 0. The molecule has 0 rings (SSSR count). The zero-order valence-electron chi connectivity index (χ0n) is 8.89. The van der Waals surface area contributed by atoms with E-state index in [9.17, 15) is 4.79 Å². The summed E-state index contributed by atoms with van der Waals surface area (Å²) in [4.78, 5) is 11.2. The maximum atomic E-state index is 11.4. The molecule has 0 aliphatic rings. The molecule has 0 saturated carbocycles. The molecule has 78 valence electrons. The highest BCUT2D eigenvalue weighted by Crippen LogP contribution is 2.26. The van der Waals surface area contributed by atoms with Crippen molar-refractivity contribution in [2.75, 3.05) is 6.61 Å². The lowest BCUT2D eigenvalue weighted by Crippen LogP contribution is -2.30. The van der Waals surface area contributed by atoms with Crippen molar-refractivity contribution in [3.05, 3.63) is 0 Å². The van der Waals surface area contributed by atoms with Crippen molar-refractivity contribution in [3.63, 3.8) is 0 Å². The maximum absolute atomic E-state index is 11.4. The quantitative estimate of drug-likeness (QED) is 0.436. The Hall–Kier alpha value is -0.0500. The van der Waals surface area contributed by atoms with E-state index in [1.54, 1.807) is 0 Å². The lowest BCUT2D eigenvalue weighted by molar-refractivity contribution is -0.144. The van der Waals surface area contributed by atoms with Gasteiger partial charge in [-0.1, -0.05) is 50.0 Å². The van der Waals surface area contributed by atoms with Gasteiger partial charge in [0.25, 0.3) is 0 Å². The number of esters is 1. The van der Waals surface area contributed by atoms with Crippen LogP contribution in [-0.2, 0) is 9.53 Å². The standard InChI is InChI=1S/C10H19BrO2/c1-5-6-7-13-9(12)8(11)10(2,3)4/h8H,5-7H2,1-4H3. The number of hydrogen-bond acceptors (Lipinski definition) is 2. The number of rotatable bonds is 4. The predicted octanol–water partition coefficient (Wildman–Crippen LogP) is 3.14. The molecule has 0 fully saturated rings. The fourth-order valence-corrected chi connectivity index (χ4v) is 0.876. The van der Waals surface area contributed by atoms with E-state index in [1.807, 2.05) is 20.8 Å². The molecule has 1 unspecified atom stereocenters. The fraction of sp³-hybridized carbons (Fsp3) is 0.900. The Morgan fingerprint density at radius 1 is 1.46 bits per heavy atom. The lowest BCUT2D eigenvalue weighted by atomic mass is 9.92. The van der Waals surface area contributed by atoms with E-state index in [0.717, 1.165) is 12.8 Å². The van der Waals surface area contributed by atoms with Crippen molar-refractivity contribution in [3.8, 4) is 0 Å². The molecule has 0 saturated heterocycles. The van der Waals surface area contributed by atoms with Crippen LogP contribution in [0.15, 0.2) is 0 Å². The number of alkyl halides is 1. The summed E-state index contributed by atoms with van der Waals surface area (Å²) in [6.07, 6.45) is 1.99. The lowest BCUT2D eigenvalue weighted by Gasteiger charge is -2.23. The molecule has 0 aromatic rings. The molecular formula is C10H19BrO2. The monoisotopic (exact) mass is 250 g/mol. The van der Waals surface area contributed by atoms with Gasteiger partial charge in [-0.25, -0.2) is 0 Å². The summed E-state index contributed by atoms with van der Waals surface area (Å²) in [5.41, 5.74) is -0.0801. The average molecular weight is 251 g/mol. The van der Waals surface area contributed by atoms with Gasteiger partial charge < -0.3 is 4.74 Å². The molecule has 0 radical (unpaired) electrons. The Morgan fingerprint density at radius 2 is 2.00 bits per heavy atom. The van der Waals surface area contributed by atoms with Gasteiger partial charge in [0, 0.05) is 0 Å². The molecule has 0 amide bonds. The Balaban J connectivity index is 3.84. The summed E-state index contributed by atoms with van der Waals surface area (Å²) < 4.78 is 5.08. The largest absolute Gasteiger partial charge is 0.465 e. The SMILES string of the molecule is CCCCOC(=O)C(Br)C(C)(C)C. The van der Waals surface area contributed by atoms with Crippen molar-refractivity contribution in [2.24, 2.45) is 5.41 Å². The topological polar surface area (TPSA) is 26.3 Å². The molecular weight excluding hydrogens is 232 g/mol. The van der Waals surface area contributed by atoms with Gasteiger partial charge in [0.15, 0.2) is 0 Å². The van der Waals surface area contributed by atoms with Gasteiger partial charge in [0.1, 0.15) is 4.83 Å². The third-order valence-corrected chi connectivity index (χ3v) is 3.46. The minimum atomic E-state index is -0.211. The van der Waals surface area contributed by atoms with Crippen molar-refractivity contribution in [1.82, 2.24) is 0 Å². The van der Waals surface area contributed by atoms with Crippen LogP contribution in [0, 0.1) is 5.41 Å². The van der Waals surface area contributed by atoms with Crippen LogP contribution in [0.4, 0.5) is 0 Å². The Morgan fingerprint density at radius 3 is 2.38 bits per heavy atom.